The van der Waals surface area contributed by atoms with Crippen LogP contribution in [-0.4, -0.2) is 34.7 Å². The zero-order chi connectivity index (χ0) is 14.3. The summed E-state index contributed by atoms with van der Waals surface area (Å²) in [4.78, 5) is 22.5. The minimum Gasteiger partial charge on any atom is -0.479 e. The van der Waals surface area contributed by atoms with E-state index < -0.39 is 35.5 Å². The Kier molecular flexibility index (Phi) is 3.38. The Hall–Kier alpha value is -1.66. The molecule has 102 valence electrons. The molecule has 0 radical (unpaired) electrons. The number of hydrogen-bond donors (Lipinski definition) is 2. The molecule has 1 aliphatic rings. The second-order valence-corrected chi connectivity index (χ2v) is 5.08. The number of nitrogens with one attached hydrogen (secondary N) is 1. The molecular formula is C11H15F2NO4. The number of carboxylic acids is 1. The van der Waals surface area contributed by atoms with Gasteiger partial charge in [0, 0.05) is 0 Å². The normalized spacial score (nSPS) is 27.0. The number of alkyl carbamates (subject to hydrolysis) is 1. The van der Waals surface area contributed by atoms with Gasteiger partial charge in [-0.2, -0.15) is 0 Å². The van der Waals surface area contributed by atoms with Gasteiger partial charge in [0.1, 0.15) is 5.60 Å². The van der Waals surface area contributed by atoms with E-state index in [1.807, 2.05) is 5.32 Å². The molecule has 1 saturated carbocycles. The van der Waals surface area contributed by atoms with Crippen molar-refractivity contribution in [2.45, 2.75) is 38.3 Å². The third-order valence-corrected chi connectivity index (χ3v) is 2.55. The van der Waals surface area contributed by atoms with Gasteiger partial charge >= 0.3 is 12.1 Å². The molecule has 1 unspecified atom stereocenters. The molecular weight excluding hydrogens is 248 g/mol. The summed E-state index contributed by atoms with van der Waals surface area (Å²) in [7, 11) is 0. The van der Waals surface area contributed by atoms with Gasteiger partial charge < -0.3 is 15.2 Å². The molecule has 5 nitrogen and oxygen atoms in total. The number of ether oxygens (including phenoxy) is 1. The third-order valence-electron chi connectivity index (χ3n) is 2.55. The van der Waals surface area contributed by atoms with Crippen LogP contribution in [0.1, 0.15) is 20.8 Å². The molecule has 1 rings (SSSR count). The number of halogens is 2. The number of rotatable bonds is 3. The van der Waals surface area contributed by atoms with Crippen molar-refractivity contribution >= 4 is 12.1 Å². The Balaban J connectivity index is 2.83. The van der Waals surface area contributed by atoms with E-state index in [4.69, 9.17) is 9.84 Å². The van der Waals surface area contributed by atoms with Gasteiger partial charge in [-0.15, -0.1) is 0 Å². The predicted octanol–water partition coefficient (Wildman–Crippen LogP) is 1.79. The molecule has 0 aromatic rings. The summed E-state index contributed by atoms with van der Waals surface area (Å²) in [5, 5.41) is 10.9. The van der Waals surface area contributed by atoms with Crippen LogP contribution in [0.5, 0.6) is 0 Å². The molecule has 2 N–H and O–H groups in total. The van der Waals surface area contributed by atoms with Crippen molar-refractivity contribution in [1.82, 2.24) is 5.32 Å². The number of hydrogen-bond acceptors (Lipinski definition) is 3. The topological polar surface area (TPSA) is 75.6 Å². The van der Waals surface area contributed by atoms with Crippen LogP contribution in [0.25, 0.3) is 0 Å². The highest BCUT2D eigenvalue weighted by Crippen LogP contribution is 2.52. The van der Waals surface area contributed by atoms with Gasteiger partial charge in [0.25, 0.3) is 0 Å². The van der Waals surface area contributed by atoms with Crippen molar-refractivity contribution < 1.29 is 28.2 Å². The molecule has 1 aliphatic carbocycles. The smallest absolute Gasteiger partial charge is 0.408 e. The first-order valence-electron chi connectivity index (χ1n) is 5.24. The van der Waals surface area contributed by atoms with Crippen LogP contribution in [0.3, 0.4) is 0 Å². The molecule has 0 aromatic carbocycles. The predicted molar refractivity (Wildman–Crippen MR) is 58.4 cm³/mol. The molecule has 0 bridgehead atoms. The van der Waals surface area contributed by atoms with Crippen molar-refractivity contribution in [3.63, 3.8) is 0 Å². The largest absolute Gasteiger partial charge is 0.479 e. The number of aliphatic carboxylic acids is 1. The van der Waals surface area contributed by atoms with Gasteiger partial charge in [-0.3, -0.25) is 0 Å². The lowest BCUT2D eigenvalue weighted by Gasteiger charge is -2.22. The maximum Gasteiger partial charge on any atom is 0.408 e. The molecule has 18 heavy (non-hydrogen) atoms. The number of amides is 1. The summed E-state index contributed by atoms with van der Waals surface area (Å²) in [6.45, 7) is 7.99. The molecule has 0 saturated heterocycles. The van der Waals surface area contributed by atoms with Crippen molar-refractivity contribution in [1.29, 1.82) is 0 Å². The molecule has 0 aromatic heterocycles. The first kappa shape index (κ1) is 14.4. The number of carboxylic acid groups (broad SMARTS) is 1. The lowest BCUT2D eigenvalue weighted by Crippen LogP contribution is -2.48. The Morgan fingerprint density at radius 3 is 2.28 bits per heavy atom. The van der Waals surface area contributed by atoms with Gasteiger partial charge in [0.15, 0.2) is 5.54 Å². The first-order chi connectivity index (χ1) is 8.02. The van der Waals surface area contributed by atoms with E-state index in [1.54, 1.807) is 20.8 Å². The first-order valence-corrected chi connectivity index (χ1v) is 5.24. The summed E-state index contributed by atoms with van der Waals surface area (Å²) in [6.07, 6.45) is -3.96. The molecule has 2 atom stereocenters. The van der Waals surface area contributed by atoms with Crippen molar-refractivity contribution in [2.75, 3.05) is 0 Å². The quantitative estimate of drug-likeness (QED) is 0.761. The van der Waals surface area contributed by atoms with E-state index >= 15 is 0 Å². The summed E-state index contributed by atoms with van der Waals surface area (Å²) in [5.41, 5.74) is -3.19. The Morgan fingerprint density at radius 1 is 1.50 bits per heavy atom. The average molecular weight is 263 g/mol. The molecule has 1 fully saturated rings. The van der Waals surface area contributed by atoms with Crippen LogP contribution in [-0.2, 0) is 9.53 Å². The minimum atomic E-state index is -2.90. The fourth-order valence-electron chi connectivity index (χ4n) is 1.70. The van der Waals surface area contributed by atoms with E-state index in [0.29, 0.717) is 0 Å². The van der Waals surface area contributed by atoms with Crippen molar-refractivity contribution in [2.24, 2.45) is 5.92 Å². The SMILES string of the molecule is C=C1C(C(F)F)[C@@]1(NC(=O)OC(C)(C)C)C(=O)O. The maximum atomic E-state index is 12.6. The molecule has 0 spiro atoms. The van der Waals surface area contributed by atoms with Crippen molar-refractivity contribution in [3.05, 3.63) is 12.2 Å². The summed E-state index contributed by atoms with van der Waals surface area (Å²) >= 11 is 0. The number of carbonyl (C=O) groups excluding carboxylic acids is 1. The lowest BCUT2D eigenvalue weighted by molar-refractivity contribution is -0.141. The van der Waals surface area contributed by atoms with Crippen LogP contribution in [0.2, 0.25) is 0 Å². The van der Waals surface area contributed by atoms with E-state index in [2.05, 4.69) is 6.58 Å². The third kappa shape index (κ3) is 2.44. The molecule has 7 heteroatoms. The second kappa shape index (κ2) is 4.22. The zero-order valence-corrected chi connectivity index (χ0v) is 10.3. The van der Waals surface area contributed by atoms with Gasteiger partial charge in [-0.25, -0.2) is 18.4 Å². The highest BCUT2D eigenvalue weighted by atomic mass is 19.3. The average Bonchev–Trinajstić information content (AvgIpc) is 2.68. The van der Waals surface area contributed by atoms with E-state index in [0.717, 1.165) is 0 Å². The van der Waals surface area contributed by atoms with Crippen LogP contribution in [0.4, 0.5) is 13.6 Å². The highest BCUT2D eigenvalue weighted by Gasteiger charge is 2.70. The lowest BCUT2D eigenvalue weighted by atomic mass is 10.2. The number of alkyl halides is 2. The van der Waals surface area contributed by atoms with Crippen LogP contribution < -0.4 is 5.32 Å². The standard InChI is InChI=1S/C11H15F2NO4/c1-5-6(7(12)13)11(5,8(15)16)14-9(17)18-10(2,3)4/h6-7H,1H2,2-4H3,(H,14,17)(H,15,16)/t6?,11-/m1/s1. The zero-order valence-electron chi connectivity index (χ0n) is 10.3. The van der Waals surface area contributed by atoms with E-state index in [1.165, 1.54) is 0 Å². The van der Waals surface area contributed by atoms with Crippen LogP contribution in [0.15, 0.2) is 12.2 Å². The van der Waals surface area contributed by atoms with Crippen LogP contribution in [0, 0.1) is 5.92 Å². The number of carbonyl (C=O) groups is 2. The molecule has 0 aliphatic heterocycles. The Bertz CT molecular complexity index is 402. The summed E-state index contributed by atoms with van der Waals surface area (Å²) in [5.74, 6) is -3.15. The Labute approximate surface area is 103 Å². The van der Waals surface area contributed by atoms with Gasteiger partial charge in [0.2, 0.25) is 6.43 Å². The van der Waals surface area contributed by atoms with E-state index in [-0.39, 0.29) is 5.57 Å². The van der Waals surface area contributed by atoms with Crippen molar-refractivity contribution in [3.8, 4) is 0 Å². The monoisotopic (exact) mass is 263 g/mol. The van der Waals surface area contributed by atoms with Crippen LogP contribution >= 0.6 is 0 Å². The second-order valence-electron chi connectivity index (χ2n) is 5.08. The summed E-state index contributed by atoms with van der Waals surface area (Å²) in [6, 6.07) is 0. The van der Waals surface area contributed by atoms with E-state index in [9.17, 15) is 18.4 Å². The molecule has 0 heterocycles. The van der Waals surface area contributed by atoms with Gasteiger partial charge in [-0.05, 0) is 26.3 Å². The maximum absolute atomic E-state index is 12.6. The van der Waals surface area contributed by atoms with Gasteiger partial charge in [-0.1, -0.05) is 6.58 Å². The summed E-state index contributed by atoms with van der Waals surface area (Å²) < 4.78 is 30.0. The van der Waals surface area contributed by atoms with Gasteiger partial charge in [0.05, 0.1) is 5.92 Å². The Morgan fingerprint density at radius 2 is 2.00 bits per heavy atom. The fraction of sp³-hybridized carbons (Fsp3) is 0.636. The fourth-order valence-corrected chi connectivity index (χ4v) is 1.70. The minimum absolute atomic E-state index is 0.226. The highest BCUT2D eigenvalue weighted by molar-refractivity contribution is 5.95. The molecule has 1 amide bonds.